The number of anilines is 1. The van der Waals surface area contributed by atoms with Gasteiger partial charge in [0.25, 0.3) is 0 Å². The molecule has 5 heteroatoms. The molecule has 1 heterocycles. The van der Waals surface area contributed by atoms with Crippen molar-refractivity contribution in [1.82, 2.24) is 4.90 Å². The number of nitrogen functional groups attached to an aromatic ring is 1. The minimum absolute atomic E-state index is 0.0291. The van der Waals surface area contributed by atoms with Crippen molar-refractivity contribution in [3.63, 3.8) is 0 Å². The number of thioether (sulfide) groups is 1. The Morgan fingerprint density at radius 3 is 2.65 bits per heavy atom. The minimum Gasteiger partial charge on any atom is -0.399 e. The summed E-state index contributed by atoms with van der Waals surface area (Å²) in [6.07, 6.45) is 1.90. The number of nitrogens with two attached hydrogens (primary N) is 1. The molecule has 1 saturated heterocycles. The average Bonchev–Trinajstić information content (AvgIpc) is 2.68. The van der Waals surface area contributed by atoms with Gasteiger partial charge in [-0.15, -0.1) is 11.8 Å². The van der Waals surface area contributed by atoms with E-state index < -0.39 is 0 Å². The standard InChI is InChI=1S/C15H20N2O2S/c1-3-11(4-2)17-14(18)9-13(15(17)19)20-12-7-5-6-10(16)8-12/h5-8,11,13H,3-4,9,16H2,1-2H3. The molecule has 1 aliphatic heterocycles. The van der Waals surface area contributed by atoms with Gasteiger partial charge in [0.2, 0.25) is 11.8 Å². The molecule has 0 radical (unpaired) electrons. The zero-order valence-corrected chi connectivity index (χ0v) is 12.7. The second-order valence-electron chi connectivity index (χ2n) is 4.96. The molecule has 108 valence electrons. The van der Waals surface area contributed by atoms with Crippen LogP contribution < -0.4 is 5.73 Å². The highest BCUT2D eigenvalue weighted by molar-refractivity contribution is 8.00. The molecule has 4 nitrogen and oxygen atoms in total. The second-order valence-corrected chi connectivity index (χ2v) is 6.23. The van der Waals surface area contributed by atoms with Gasteiger partial charge in [0.1, 0.15) is 0 Å². The zero-order chi connectivity index (χ0) is 14.7. The molecule has 1 aliphatic rings. The molecule has 1 atom stereocenters. The van der Waals surface area contributed by atoms with Crippen molar-refractivity contribution in [1.29, 1.82) is 0 Å². The molecule has 2 amide bonds. The Kier molecular flexibility index (Phi) is 4.70. The molecule has 1 fully saturated rings. The first-order chi connectivity index (χ1) is 9.56. The normalized spacial score (nSPS) is 19.1. The number of amides is 2. The smallest absolute Gasteiger partial charge is 0.243 e. The largest absolute Gasteiger partial charge is 0.399 e. The summed E-state index contributed by atoms with van der Waals surface area (Å²) >= 11 is 1.43. The number of carbonyl (C=O) groups is 2. The van der Waals surface area contributed by atoms with Crippen LogP contribution in [0.4, 0.5) is 5.69 Å². The van der Waals surface area contributed by atoms with Gasteiger partial charge in [-0.05, 0) is 31.0 Å². The Morgan fingerprint density at radius 1 is 1.35 bits per heavy atom. The lowest BCUT2D eigenvalue weighted by atomic mass is 10.1. The van der Waals surface area contributed by atoms with Crippen molar-refractivity contribution in [2.24, 2.45) is 0 Å². The predicted octanol–water partition coefficient (Wildman–Crippen LogP) is 2.68. The van der Waals surface area contributed by atoms with Crippen molar-refractivity contribution >= 4 is 29.3 Å². The van der Waals surface area contributed by atoms with Crippen LogP contribution in [0.2, 0.25) is 0 Å². The van der Waals surface area contributed by atoms with Gasteiger partial charge < -0.3 is 5.73 Å². The second kappa shape index (κ2) is 6.31. The van der Waals surface area contributed by atoms with E-state index in [2.05, 4.69) is 0 Å². The molecular formula is C15H20N2O2S. The fraction of sp³-hybridized carbons (Fsp3) is 0.467. The maximum Gasteiger partial charge on any atom is 0.243 e. The lowest BCUT2D eigenvalue weighted by Crippen LogP contribution is -2.40. The van der Waals surface area contributed by atoms with E-state index in [1.165, 1.54) is 16.7 Å². The summed E-state index contributed by atoms with van der Waals surface area (Å²) in [5.41, 5.74) is 6.41. The van der Waals surface area contributed by atoms with Crippen molar-refractivity contribution in [3.8, 4) is 0 Å². The molecule has 1 unspecified atom stereocenters. The van der Waals surface area contributed by atoms with E-state index in [1.54, 1.807) is 0 Å². The van der Waals surface area contributed by atoms with E-state index in [9.17, 15) is 9.59 Å². The highest BCUT2D eigenvalue weighted by Crippen LogP contribution is 2.33. The molecule has 2 rings (SSSR count). The summed E-state index contributed by atoms with van der Waals surface area (Å²) in [6, 6.07) is 7.45. The number of rotatable bonds is 5. The van der Waals surface area contributed by atoms with E-state index in [-0.39, 0.29) is 29.5 Å². The van der Waals surface area contributed by atoms with Crippen LogP contribution in [0.5, 0.6) is 0 Å². The predicted molar refractivity (Wildman–Crippen MR) is 81.3 cm³/mol. The van der Waals surface area contributed by atoms with Crippen LogP contribution in [-0.2, 0) is 9.59 Å². The van der Waals surface area contributed by atoms with Crippen LogP contribution in [0.1, 0.15) is 33.1 Å². The fourth-order valence-electron chi connectivity index (χ4n) is 2.50. The summed E-state index contributed by atoms with van der Waals surface area (Å²) in [5, 5.41) is -0.315. The molecule has 0 spiro atoms. The molecular weight excluding hydrogens is 272 g/mol. The number of benzene rings is 1. The van der Waals surface area contributed by atoms with Gasteiger partial charge >= 0.3 is 0 Å². The van der Waals surface area contributed by atoms with Crippen molar-refractivity contribution in [2.75, 3.05) is 5.73 Å². The number of nitrogens with zero attached hydrogens (tertiary/aromatic N) is 1. The third kappa shape index (κ3) is 2.98. The van der Waals surface area contributed by atoms with E-state index in [1.807, 2.05) is 38.1 Å². The summed E-state index contributed by atoms with van der Waals surface area (Å²) in [6.45, 7) is 4.01. The number of carbonyl (C=O) groups excluding carboxylic acids is 2. The Bertz CT molecular complexity index is 514. The first-order valence-electron chi connectivity index (χ1n) is 6.94. The molecule has 0 bridgehead atoms. The molecule has 0 saturated carbocycles. The summed E-state index contributed by atoms with van der Waals surface area (Å²) in [7, 11) is 0. The van der Waals surface area contributed by atoms with Crippen LogP contribution >= 0.6 is 11.8 Å². The Labute approximate surface area is 123 Å². The van der Waals surface area contributed by atoms with Gasteiger partial charge in [0.15, 0.2) is 0 Å². The van der Waals surface area contributed by atoms with E-state index in [0.717, 1.165) is 17.7 Å². The maximum absolute atomic E-state index is 12.4. The van der Waals surface area contributed by atoms with Gasteiger partial charge in [-0.1, -0.05) is 19.9 Å². The lowest BCUT2D eigenvalue weighted by Gasteiger charge is -2.24. The van der Waals surface area contributed by atoms with E-state index in [4.69, 9.17) is 5.73 Å². The average molecular weight is 292 g/mol. The molecule has 20 heavy (non-hydrogen) atoms. The highest BCUT2D eigenvalue weighted by Gasteiger charge is 2.41. The first kappa shape index (κ1) is 14.9. The van der Waals surface area contributed by atoms with Crippen molar-refractivity contribution in [2.45, 2.75) is 49.3 Å². The van der Waals surface area contributed by atoms with Crippen LogP contribution in [0.15, 0.2) is 29.2 Å². The highest BCUT2D eigenvalue weighted by atomic mass is 32.2. The number of hydrogen-bond donors (Lipinski definition) is 1. The quantitative estimate of drug-likeness (QED) is 0.669. The molecule has 0 aliphatic carbocycles. The number of imide groups is 1. The fourth-order valence-corrected chi connectivity index (χ4v) is 3.63. The van der Waals surface area contributed by atoms with Gasteiger partial charge in [0.05, 0.1) is 5.25 Å². The Morgan fingerprint density at radius 2 is 2.05 bits per heavy atom. The van der Waals surface area contributed by atoms with Crippen molar-refractivity contribution < 1.29 is 9.59 Å². The first-order valence-corrected chi connectivity index (χ1v) is 7.82. The summed E-state index contributed by atoms with van der Waals surface area (Å²) < 4.78 is 0. The van der Waals surface area contributed by atoms with Crippen LogP contribution in [0.3, 0.4) is 0 Å². The number of hydrogen-bond acceptors (Lipinski definition) is 4. The summed E-state index contributed by atoms with van der Waals surface area (Å²) in [5.74, 6) is -0.110. The van der Waals surface area contributed by atoms with Crippen LogP contribution in [0.25, 0.3) is 0 Å². The Hall–Kier alpha value is -1.49. The van der Waals surface area contributed by atoms with E-state index >= 15 is 0 Å². The van der Waals surface area contributed by atoms with Gasteiger partial charge in [0, 0.05) is 23.0 Å². The van der Waals surface area contributed by atoms with Crippen molar-refractivity contribution in [3.05, 3.63) is 24.3 Å². The third-order valence-electron chi connectivity index (χ3n) is 3.59. The van der Waals surface area contributed by atoms with Crippen LogP contribution in [0, 0.1) is 0 Å². The lowest BCUT2D eigenvalue weighted by molar-refractivity contribution is -0.141. The maximum atomic E-state index is 12.4. The zero-order valence-electron chi connectivity index (χ0n) is 11.8. The summed E-state index contributed by atoms with van der Waals surface area (Å²) in [4.78, 5) is 26.9. The van der Waals surface area contributed by atoms with Crippen LogP contribution in [-0.4, -0.2) is 28.0 Å². The van der Waals surface area contributed by atoms with E-state index in [0.29, 0.717) is 5.69 Å². The van der Waals surface area contributed by atoms with Gasteiger partial charge in [-0.2, -0.15) is 0 Å². The molecule has 1 aromatic carbocycles. The monoisotopic (exact) mass is 292 g/mol. The van der Waals surface area contributed by atoms with Gasteiger partial charge in [-0.25, -0.2) is 0 Å². The topological polar surface area (TPSA) is 63.4 Å². The molecule has 1 aromatic rings. The molecule has 0 aromatic heterocycles. The Balaban J connectivity index is 2.12. The minimum atomic E-state index is -0.315. The molecule has 2 N–H and O–H groups in total. The van der Waals surface area contributed by atoms with Gasteiger partial charge in [-0.3, -0.25) is 14.5 Å². The number of likely N-dealkylation sites (tertiary alicyclic amines) is 1. The SMILES string of the molecule is CCC(CC)N1C(=O)CC(Sc2cccc(N)c2)C1=O. The third-order valence-corrected chi connectivity index (χ3v) is 4.76.